The highest BCUT2D eigenvalue weighted by Gasteiger charge is 2.11. The summed E-state index contributed by atoms with van der Waals surface area (Å²) in [7, 11) is -1.07. The maximum atomic E-state index is 11.6. The maximum absolute atomic E-state index is 11.6. The summed E-state index contributed by atoms with van der Waals surface area (Å²) in [6.45, 7) is 1.79. The third-order valence-electron chi connectivity index (χ3n) is 1.79. The topological polar surface area (TPSA) is 34.1 Å². The highest BCUT2D eigenvalue weighted by molar-refractivity contribution is 7.85. The zero-order chi connectivity index (χ0) is 10.6. The summed E-state index contributed by atoms with van der Waals surface area (Å²) in [6, 6.07) is 6.81. The van der Waals surface area contributed by atoms with E-state index < -0.39 is 10.8 Å². The van der Waals surface area contributed by atoms with E-state index >= 15 is 0 Å². The second-order valence-electron chi connectivity index (χ2n) is 2.78. The van der Waals surface area contributed by atoms with Crippen LogP contribution in [0.25, 0.3) is 0 Å². The molecule has 0 aliphatic carbocycles. The summed E-state index contributed by atoms with van der Waals surface area (Å²) in [6.07, 6.45) is 0. The average Bonchev–Trinajstić information content (AvgIpc) is 2.18. The highest BCUT2D eigenvalue weighted by atomic mass is 35.5. The Morgan fingerprint density at radius 2 is 2.07 bits per heavy atom. The molecule has 1 rings (SSSR count). The van der Waals surface area contributed by atoms with E-state index in [2.05, 4.69) is 0 Å². The summed E-state index contributed by atoms with van der Waals surface area (Å²) in [5, 5.41) is 0.422. The molecule has 0 N–H and O–H groups in total. The van der Waals surface area contributed by atoms with Gasteiger partial charge in [-0.15, -0.1) is 0 Å². The first-order valence-electron chi connectivity index (χ1n) is 4.28. The molecule has 0 saturated carbocycles. The molecule has 1 unspecified atom stereocenters. The fourth-order valence-electron chi connectivity index (χ4n) is 1.01. The Bertz CT molecular complexity index is 363. The molecule has 1 atom stereocenters. The molecule has 0 spiro atoms. The number of rotatable bonds is 4. The van der Waals surface area contributed by atoms with Crippen LogP contribution in [-0.4, -0.2) is 21.5 Å². The summed E-state index contributed by atoms with van der Waals surface area (Å²) in [5.74, 6) is 0.395. The Morgan fingerprint density at radius 3 is 2.64 bits per heavy atom. The third-order valence-corrected chi connectivity index (χ3v) is 3.35. The first-order valence-corrected chi connectivity index (χ1v) is 6.14. The van der Waals surface area contributed by atoms with E-state index in [-0.39, 0.29) is 11.5 Å². The molecule has 0 heterocycles. The van der Waals surface area contributed by atoms with Gasteiger partial charge in [0.25, 0.3) is 0 Å². The molecule has 0 fully saturated rings. The number of benzene rings is 1. The highest BCUT2D eigenvalue weighted by Crippen LogP contribution is 2.15. The molecular formula is C10H11ClO2S. The quantitative estimate of drug-likeness (QED) is 0.744. The molecule has 0 aliphatic heterocycles. The predicted octanol–water partition coefficient (Wildman–Crippen LogP) is 2.29. The van der Waals surface area contributed by atoms with Crippen LogP contribution in [-0.2, 0) is 10.8 Å². The molecule has 0 amide bonds. The van der Waals surface area contributed by atoms with Crippen molar-refractivity contribution >= 4 is 28.2 Å². The van der Waals surface area contributed by atoms with Crippen molar-refractivity contribution < 1.29 is 9.00 Å². The molecular weight excluding hydrogens is 220 g/mol. The Hall–Kier alpha value is -0.670. The Morgan fingerprint density at radius 1 is 1.43 bits per heavy atom. The van der Waals surface area contributed by atoms with Crippen LogP contribution in [0.4, 0.5) is 0 Å². The van der Waals surface area contributed by atoms with Crippen molar-refractivity contribution in [3.8, 4) is 0 Å². The Labute approximate surface area is 90.7 Å². The maximum Gasteiger partial charge on any atom is 0.176 e. The van der Waals surface area contributed by atoms with Crippen LogP contribution in [0.3, 0.4) is 0 Å². The minimum atomic E-state index is -1.07. The molecule has 2 nitrogen and oxygen atoms in total. The average molecular weight is 231 g/mol. The number of carbonyl (C=O) groups excluding carboxylic acids is 1. The van der Waals surface area contributed by atoms with Gasteiger partial charge >= 0.3 is 0 Å². The lowest BCUT2D eigenvalue weighted by atomic mass is 10.1. The normalized spacial score (nSPS) is 12.4. The van der Waals surface area contributed by atoms with Crippen molar-refractivity contribution in [2.24, 2.45) is 0 Å². The summed E-state index contributed by atoms with van der Waals surface area (Å²) in [4.78, 5) is 11.6. The molecule has 1 aromatic rings. The van der Waals surface area contributed by atoms with Gasteiger partial charge in [-0.2, -0.15) is 0 Å². The number of hydrogen-bond acceptors (Lipinski definition) is 2. The van der Waals surface area contributed by atoms with Gasteiger partial charge in [0.05, 0.1) is 10.8 Å². The van der Waals surface area contributed by atoms with Gasteiger partial charge in [0.2, 0.25) is 0 Å². The Balaban J connectivity index is 2.80. The predicted molar refractivity (Wildman–Crippen MR) is 59.3 cm³/mol. The van der Waals surface area contributed by atoms with E-state index in [1.165, 1.54) is 0 Å². The number of hydrogen-bond donors (Lipinski definition) is 0. The number of carbonyl (C=O) groups is 1. The zero-order valence-corrected chi connectivity index (χ0v) is 9.40. The molecule has 14 heavy (non-hydrogen) atoms. The van der Waals surface area contributed by atoms with E-state index in [0.29, 0.717) is 16.3 Å². The van der Waals surface area contributed by atoms with E-state index in [0.717, 1.165) is 0 Å². The van der Waals surface area contributed by atoms with E-state index in [4.69, 9.17) is 11.6 Å². The monoisotopic (exact) mass is 230 g/mol. The second-order valence-corrected chi connectivity index (χ2v) is 4.93. The van der Waals surface area contributed by atoms with E-state index in [9.17, 15) is 9.00 Å². The first-order chi connectivity index (χ1) is 6.65. The number of halogens is 1. The first kappa shape index (κ1) is 11.4. The molecule has 76 valence electrons. The SMILES string of the molecule is CCS(=O)CC(=O)c1ccccc1Cl. The summed E-state index contributed by atoms with van der Waals surface area (Å²) in [5.41, 5.74) is 0.455. The third kappa shape index (κ3) is 2.93. The van der Waals surface area contributed by atoms with Crippen LogP contribution in [0.15, 0.2) is 24.3 Å². The van der Waals surface area contributed by atoms with Gasteiger partial charge in [0.1, 0.15) is 0 Å². The van der Waals surface area contributed by atoms with Gasteiger partial charge < -0.3 is 0 Å². The van der Waals surface area contributed by atoms with Gasteiger partial charge in [-0.1, -0.05) is 30.7 Å². The van der Waals surface area contributed by atoms with Gasteiger partial charge in [-0.25, -0.2) is 0 Å². The molecule has 0 bridgehead atoms. The largest absolute Gasteiger partial charge is 0.293 e. The lowest BCUT2D eigenvalue weighted by molar-refractivity contribution is 0.102. The van der Waals surface area contributed by atoms with Gasteiger partial charge in [-0.05, 0) is 12.1 Å². The van der Waals surface area contributed by atoms with E-state index in [1.807, 2.05) is 0 Å². The molecule has 0 aliphatic rings. The smallest absolute Gasteiger partial charge is 0.176 e. The number of Topliss-reactive ketones (excluding diaryl/α,β-unsaturated/α-hetero) is 1. The lowest BCUT2D eigenvalue weighted by Crippen LogP contribution is -2.12. The minimum absolute atomic E-state index is 0.0558. The molecule has 0 saturated heterocycles. The van der Waals surface area contributed by atoms with Crippen molar-refractivity contribution in [2.45, 2.75) is 6.92 Å². The van der Waals surface area contributed by atoms with Crippen LogP contribution in [0.5, 0.6) is 0 Å². The van der Waals surface area contributed by atoms with Crippen LogP contribution >= 0.6 is 11.6 Å². The van der Waals surface area contributed by atoms with Crippen molar-refractivity contribution in [2.75, 3.05) is 11.5 Å². The minimum Gasteiger partial charge on any atom is -0.293 e. The van der Waals surface area contributed by atoms with Crippen LogP contribution in [0, 0.1) is 0 Å². The van der Waals surface area contributed by atoms with Crippen molar-refractivity contribution in [3.63, 3.8) is 0 Å². The van der Waals surface area contributed by atoms with Gasteiger partial charge in [0, 0.05) is 22.1 Å². The van der Waals surface area contributed by atoms with Crippen molar-refractivity contribution in [1.82, 2.24) is 0 Å². The van der Waals surface area contributed by atoms with Gasteiger partial charge in [0.15, 0.2) is 5.78 Å². The van der Waals surface area contributed by atoms with Gasteiger partial charge in [-0.3, -0.25) is 9.00 Å². The Kier molecular flexibility index (Phi) is 4.29. The second kappa shape index (κ2) is 5.27. The lowest BCUT2D eigenvalue weighted by Gasteiger charge is -2.01. The molecule has 1 aromatic carbocycles. The summed E-state index contributed by atoms with van der Waals surface area (Å²) >= 11 is 5.83. The van der Waals surface area contributed by atoms with Crippen LogP contribution < -0.4 is 0 Å². The zero-order valence-electron chi connectivity index (χ0n) is 7.83. The fourth-order valence-corrected chi connectivity index (χ4v) is 1.91. The van der Waals surface area contributed by atoms with Crippen molar-refractivity contribution in [1.29, 1.82) is 0 Å². The van der Waals surface area contributed by atoms with Crippen LogP contribution in [0.1, 0.15) is 17.3 Å². The fraction of sp³-hybridized carbons (Fsp3) is 0.300. The van der Waals surface area contributed by atoms with E-state index in [1.54, 1.807) is 31.2 Å². The molecule has 0 aromatic heterocycles. The molecule has 0 radical (unpaired) electrons. The number of ketones is 1. The summed E-state index contributed by atoms with van der Waals surface area (Å²) < 4.78 is 11.2. The van der Waals surface area contributed by atoms with Crippen LogP contribution in [0.2, 0.25) is 5.02 Å². The van der Waals surface area contributed by atoms with Crippen molar-refractivity contribution in [3.05, 3.63) is 34.9 Å². The molecule has 4 heteroatoms. The standard InChI is InChI=1S/C10H11ClO2S/c1-2-14(13)7-10(12)8-5-3-4-6-9(8)11/h3-6H,2,7H2,1H3.